The quantitative estimate of drug-likeness (QED) is 0.396. The lowest BCUT2D eigenvalue weighted by atomic mass is 10.0. The minimum atomic E-state index is 0.758. The van der Waals surface area contributed by atoms with E-state index in [0.717, 1.165) is 22.4 Å². The molecular formula is C6H8B2N3OP. The second kappa shape index (κ2) is 3.04. The molecule has 64 valence electrons. The molecule has 0 saturated carbocycles. The predicted molar refractivity (Wildman–Crippen MR) is 60.0 cm³/mol. The molecule has 4 nitrogen and oxygen atoms in total. The monoisotopic (exact) mass is 191 g/mol. The fourth-order valence-corrected chi connectivity index (χ4v) is 1.64. The Kier molecular flexibility index (Phi) is 2.00. The van der Waals surface area contributed by atoms with E-state index in [-0.39, 0.29) is 0 Å². The largest absolute Gasteiger partial charge is 0.567 e. The molecule has 0 aliphatic carbocycles. The summed E-state index contributed by atoms with van der Waals surface area (Å²) < 4.78 is 6.76. The first kappa shape index (κ1) is 8.57. The van der Waals surface area contributed by atoms with Crippen molar-refractivity contribution in [2.45, 2.75) is 0 Å². The Morgan fingerprint density at radius 1 is 1.54 bits per heavy atom. The van der Waals surface area contributed by atoms with Crippen molar-refractivity contribution in [3.05, 3.63) is 12.3 Å². The second-order valence-electron chi connectivity index (χ2n) is 2.78. The van der Waals surface area contributed by atoms with E-state index in [1.807, 2.05) is 13.9 Å². The highest BCUT2D eigenvalue weighted by Crippen LogP contribution is 2.16. The lowest BCUT2D eigenvalue weighted by Crippen LogP contribution is -2.04. The summed E-state index contributed by atoms with van der Waals surface area (Å²) in [5, 5.41) is 5.25. The number of aromatic nitrogens is 3. The lowest BCUT2D eigenvalue weighted by Gasteiger charge is -1.99. The van der Waals surface area contributed by atoms with Crippen molar-refractivity contribution in [1.29, 1.82) is 0 Å². The number of nitrogens with zero attached hydrogens (tertiary/aromatic N) is 3. The number of rotatable bonds is 1. The van der Waals surface area contributed by atoms with Gasteiger partial charge in [-0.1, -0.05) is 0 Å². The van der Waals surface area contributed by atoms with Gasteiger partial charge in [0.05, 0.1) is 6.20 Å². The average molecular weight is 191 g/mol. The van der Waals surface area contributed by atoms with Gasteiger partial charge in [-0.25, -0.2) is 9.44 Å². The van der Waals surface area contributed by atoms with Crippen LogP contribution in [0.4, 0.5) is 0 Å². The first-order valence-electron chi connectivity index (χ1n) is 3.87. The highest BCUT2D eigenvalue weighted by molar-refractivity contribution is 7.14. The number of hydrogen-bond donors (Lipinski definition) is 0. The van der Waals surface area contributed by atoms with Crippen LogP contribution in [0.25, 0.3) is 11.0 Å². The standard InChI is InChI=1S/C6H8B2N3OP/c7-5-4-1-3(12-8)2-9-6(4)11(13)10-5/h1-2H,7-8,13H2. The Morgan fingerprint density at radius 2 is 2.31 bits per heavy atom. The minimum Gasteiger partial charge on any atom is -0.567 e. The molecule has 13 heavy (non-hydrogen) atoms. The van der Waals surface area contributed by atoms with E-state index in [2.05, 4.69) is 19.5 Å². The fraction of sp³-hybridized carbons (Fsp3) is 0. The molecule has 1 unspecified atom stereocenters. The Morgan fingerprint density at radius 3 is 3.00 bits per heavy atom. The molecular weight excluding hydrogens is 183 g/mol. The molecule has 0 aliphatic heterocycles. The molecule has 2 heterocycles. The van der Waals surface area contributed by atoms with E-state index >= 15 is 0 Å². The molecule has 7 heteroatoms. The Balaban J connectivity index is 2.76. The van der Waals surface area contributed by atoms with E-state index in [1.54, 1.807) is 18.7 Å². The molecule has 0 bridgehead atoms. The summed E-state index contributed by atoms with van der Waals surface area (Å²) in [7, 11) is 6.07. The van der Waals surface area contributed by atoms with Crippen LogP contribution in [-0.2, 0) is 0 Å². The molecule has 0 N–H and O–H groups in total. The van der Waals surface area contributed by atoms with Crippen molar-refractivity contribution >= 4 is 41.9 Å². The summed E-state index contributed by atoms with van der Waals surface area (Å²) in [6.45, 7) is 0. The first-order chi connectivity index (χ1) is 6.22. The topological polar surface area (TPSA) is 39.9 Å². The van der Waals surface area contributed by atoms with Gasteiger partial charge in [-0.3, -0.25) is 0 Å². The van der Waals surface area contributed by atoms with E-state index in [9.17, 15) is 0 Å². The smallest absolute Gasteiger partial charge is 0.322 e. The third kappa shape index (κ3) is 1.31. The van der Waals surface area contributed by atoms with Gasteiger partial charge in [0.15, 0.2) is 13.5 Å². The van der Waals surface area contributed by atoms with Crippen molar-refractivity contribution in [3.63, 3.8) is 0 Å². The van der Waals surface area contributed by atoms with Crippen LogP contribution in [0.1, 0.15) is 0 Å². The summed E-state index contributed by atoms with van der Waals surface area (Å²) >= 11 is 0. The van der Waals surface area contributed by atoms with Gasteiger partial charge < -0.3 is 4.65 Å². The van der Waals surface area contributed by atoms with Crippen molar-refractivity contribution in [3.8, 4) is 5.75 Å². The molecule has 0 aliphatic rings. The molecule has 2 rings (SSSR count). The van der Waals surface area contributed by atoms with Crippen LogP contribution in [0.15, 0.2) is 12.3 Å². The maximum absolute atomic E-state index is 5.08. The van der Waals surface area contributed by atoms with Crippen LogP contribution in [-0.4, -0.2) is 30.4 Å². The van der Waals surface area contributed by atoms with Gasteiger partial charge in [-0.05, 0) is 15.5 Å². The third-order valence-corrected chi connectivity index (χ3v) is 2.30. The molecule has 2 aromatic rings. The number of fused-ring (bicyclic) bond motifs is 1. The molecule has 0 amide bonds. The summed E-state index contributed by atoms with van der Waals surface area (Å²) in [5.41, 5.74) is 1.81. The van der Waals surface area contributed by atoms with E-state index in [4.69, 9.17) is 4.65 Å². The number of hydrogen-bond acceptors (Lipinski definition) is 3. The van der Waals surface area contributed by atoms with Gasteiger partial charge in [0, 0.05) is 11.0 Å². The normalized spacial score (nSPS) is 10.5. The summed E-state index contributed by atoms with van der Waals surface area (Å²) in [5.74, 6) is 0.758. The zero-order chi connectivity index (χ0) is 9.42. The fourth-order valence-electron chi connectivity index (χ4n) is 1.26. The molecule has 0 radical (unpaired) electrons. The molecule has 0 aromatic carbocycles. The number of pyridine rings is 1. The summed E-state index contributed by atoms with van der Waals surface area (Å²) in [4.78, 5) is 4.23. The Labute approximate surface area is 79.8 Å². The van der Waals surface area contributed by atoms with Crippen LogP contribution in [0.3, 0.4) is 0 Å². The van der Waals surface area contributed by atoms with E-state index in [1.165, 1.54) is 0 Å². The predicted octanol–water partition coefficient (Wildman–Crippen LogP) is -1.75. The van der Waals surface area contributed by atoms with Crippen LogP contribution in [0.2, 0.25) is 0 Å². The van der Waals surface area contributed by atoms with Crippen LogP contribution < -0.4 is 10.2 Å². The summed E-state index contributed by atoms with van der Waals surface area (Å²) in [6, 6.07) is 1.94. The molecule has 0 spiro atoms. The van der Waals surface area contributed by atoms with Gasteiger partial charge in [0.1, 0.15) is 5.75 Å². The van der Waals surface area contributed by atoms with Gasteiger partial charge in [-0.2, -0.15) is 5.10 Å². The van der Waals surface area contributed by atoms with Crippen molar-refractivity contribution < 1.29 is 4.65 Å². The highest BCUT2D eigenvalue weighted by Gasteiger charge is 2.06. The van der Waals surface area contributed by atoms with E-state index in [0.29, 0.717) is 0 Å². The maximum atomic E-state index is 5.08. The van der Waals surface area contributed by atoms with E-state index < -0.39 is 0 Å². The van der Waals surface area contributed by atoms with Gasteiger partial charge in [0.25, 0.3) is 0 Å². The Hall–Kier alpha value is -1.02. The molecule has 1 atom stereocenters. The van der Waals surface area contributed by atoms with Crippen LogP contribution >= 0.6 is 9.39 Å². The second-order valence-corrected chi connectivity index (χ2v) is 3.27. The van der Waals surface area contributed by atoms with Crippen molar-refractivity contribution in [2.75, 3.05) is 0 Å². The Bertz CT molecular complexity index is 458. The van der Waals surface area contributed by atoms with Crippen LogP contribution in [0, 0.1) is 0 Å². The third-order valence-electron chi connectivity index (χ3n) is 1.94. The van der Waals surface area contributed by atoms with Gasteiger partial charge in [0.2, 0.25) is 0 Å². The van der Waals surface area contributed by atoms with Crippen LogP contribution in [0.5, 0.6) is 5.75 Å². The van der Waals surface area contributed by atoms with Crippen molar-refractivity contribution in [1.82, 2.24) is 14.5 Å². The minimum absolute atomic E-state index is 0.758. The SMILES string of the molecule is BOc1cnc2c(c1)c(B)nn2P. The van der Waals surface area contributed by atoms with Gasteiger partial charge in [-0.15, -0.1) is 0 Å². The molecule has 0 fully saturated rings. The zero-order valence-corrected chi connectivity index (χ0v) is 8.64. The van der Waals surface area contributed by atoms with Gasteiger partial charge >= 0.3 is 8.05 Å². The molecule has 2 aromatic heterocycles. The lowest BCUT2D eigenvalue weighted by molar-refractivity contribution is 0.614. The first-order valence-corrected chi connectivity index (χ1v) is 4.38. The summed E-state index contributed by atoms with van der Waals surface area (Å²) in [6.07, 6.45) is 1.68. The highest BCUT2D eigenvalue weighted by atomic mass is 31.0. The zero-order valence-electron chi connectivity index (χ0n) is 7.48. The maximum Gasteiger partial charge on any atom is 0.322 e. The average Bonchev–Trinajstić information content (AvgIpc) is 2.42. The van der Waals surface area contributed by atoms with Crippen molar-refractivity contribution in [2.24, 2.45) is 0 Å². The molecule has 0 saturated heterocycles.